The van der Waals surface area contributed by atoms with Gasteiger partial charge in [0.05, 0.1) is 12.7 Å². The minimum Gasteiger partial charge on any atom is -0.494 e. The van der Waals surface area contributed by atoms with E-state index < -0.39 is 11.4 Å². The smallest absolute Gasteiger partial charge is 0.171 e. The molecule has 0 heterocycles. The summed E-state index contributed by atoms with van der Waals surface area (Å²) in [6, 6.07) is 4.99. The van der Waals surface area contributed by atoms with Gasteiger partial charge in [-0.1, -0.05) is 32.4 Å². The predicted octanol–water partition coefficient (Wildman–Crippen LogP) is 3.48. The SMILES string of the molecule is COc1cccc(C2(O)CC(C)CCC2C)c1F. The maximum atomic E-state index is 14.3. The average molecular weight is 252 g/mol. The molecule has 0 spiro atoms. The molecule has 1 aliphatic carbocycles. The van der Waals surface area contributed by atoms with Crippen LogP contribution in [0.5, 0.6) is 5.75 Å². The fourth-order valence-electron chi connectivity index (χ4n) is 2.99. The second kappa shape index (κ2) is 4.88. The fraction of sp³-hybridized carbons (Fsp3) is 0.600. The summed E-state index contributed by atoms with van der Waals surface area (Å²) in [6.45, 7) is 4.10. The third-order valence-corrected chi connectivity index (χ3v) is 4.22. The molecule has 1 aliphatic rings. The molecule has 1 fully saturated rings. The average Bonchev–Trinajstić information content (AvgIpc) is 2.34. The lowest BCUT2D eigenvalue weighted by molar-refractivity contribution is -0.0654. The number of halogens is 1. The third-order valence-electron chi connectivity index (χ3n) is 4.22. The molecule has 1 N–H and O–H groups in total. The van der Waals surface area contributed by atoms with Gasteiger partial charge in [0.25, 0.3) is 0 Å². The van der Waals surface area contributed by atoms with Crippen LogP contribution in [0.25, 0.3) is 0 Å². The van der Waals surface area contributed by atoms with E-state index in [9.17, 15) is 9.50 Å². The quantitative estimate of drug-likeness (QED) is 0.873. The normalized spacial score (nSPS) is 32.3. The van der Waals surface area contributed by atoms with Gasteiger partial charge in [-0.3, -0.25) is 0 Å². The maximum absolute atomic E-state index is 14.3. The van der Waals surface area contributed by atoms with E-state index in [-0.39, 0.29) is 11.7 Å². The molecule has 0 aromatic heterocycles. The Morgan fingerprint density at radius 3 is 2.72 bits per heavy atom. The number of ether oxygens (including phenoxy) is 1. The number of aliphatic hydroxyl groups is 1. The van der Waals surface area contributed by atoms with E-state index in [4.69, 9.17) is 4.74 Å². The highest BCUT2D eigenvalue weighted by molar-refractivity contribution is 5.35. The molecule has 0 bridgehead atoms. The van der Waals surface area contributed by atoms with Crippen molar-refractivity contribution in [3.63, 3.8) is 0 Å². The van der Waals surface area contributed by atoms with Crippen molar-refractivity contribution >= 4 is 0 Å². The Hall–Kier alpha value is -1.09. The monoisotopic (exact) mass is 252 g/mol. The van der Waals surface area contributed by atoms with Gasteiger partial charge in [-0.15, -0.1) is 0 Å². The van der Waals surface area contributed by atoms with Crippen molar-refractivity contribution < 1.29 is 14.2 Å². The van der Waals surface area contributed by atoms with Gasteiger partial charge in [0.1, 0.15) is 0 Å². The summed E-state index contributed by atoms with van der Waals surface area (Å²) < 4.78 is 19.3. The summed E-state index contributed by atoms with van der Waals surface area (Å²) in [4.78, 5) is 0. The van der Waals surface area contributed by atoms with Crippen molar-refractivity contribution in [2.24, 2.45) is 11.8 Å². The largest absolute Gasteiger partial charge is 0.494 e. The highest BCUT2D eigenvalue weighted by atomic mass is 19.1. The summed E-state index contributed by atoms with van der Waals surface area (Å²) in [5, 5.41) is 10.9. The Morgan fingerprint density at radius 1 is 1.33 bits per heavy atom. The van der Waals surface area contributed by atoms with Crippen LogP contribution in [0.3, 0.4) is 0 Å². The van der Waals surface area contributed by atoms with Crippen molar-refractivity contribution in [3.8, 4) is 5.75 Å². The lowest BCUT2D eigenvalue weighted by atomic mass is 9.68. The first kappa shape index (κ1) is 13.3. The molecular formula is C15H21FO2. The van der Waals surface area contributed by atoms with Gasteiger partial charge < -0.3 is 9.84 Å². The highest BCUT2D eigenvalue weighted by Gasteiger charge is 2.42. The molecule has 2 nitrogen and oxygen atoms in total. The molecule has 2 rings (SSSR count). The summed E-state index contributed by atoms with van der Waals surface area (Å²) in [5.74, 6) is 0.252. The zero-order valence-corrected chi connectivity index (χ0v) is 11.2. The molecule has 18 heavy (non-hydrogen) atoms. The minimum absolute atomic E-state index is 0.0651. The van der Waals surface area contributed by atoms with Crippen LogP contribution < -0.4 is 4.74 Å². The number of methoxy groups -OCH3 is 1. The van der Waals surface area contributed by atoms with E-state index in [0.29, 0.717) is 17.9 Å². The molecule has 100 valence electrons. The Kier molecular flexibility index (Phi) is 3.62. The van der Waals surface area contributed by atoms with Gasteiger partial charge in [0.2, 0.25) is 0 Å². The molecule has 1 aromatic carbocycles. The zero-order valence-electron chi connectivity index (χ0n) is 11.2. The lowest BCUT2D eigenvalue weighted by Gasteiger charge is -2.41. The van der Waals surface area contributed by atoms with Gasteiger partial charge in [-0.25, -0.2) is 4.39 Å². The number of benzene rings is 1. The van der Waals surface area contributed by atoms with Crippen molar-refractivity contribution in [1.29, 1.82) is 0 Å². The van der Waals surface area contributed by atoms with E-state index in [2.05, 4.69) is 6.92 Å². The molecule has 0 amide bonds. The van der Waals surface area contributed by atoms with Crippen LogP contribution in [0.2, 0.25) is 0 Å². The molecule has 1 saturated carbocycles. The molecule has 1 aromatic rings. The first-order valence-electron chi connectivity index (χ1n) is 6.54. The number of hydrogen-bond acceptors (Lipinski definition) is 2. The first-order chi connectivity index (χ1) is 8.49. The van der Waals surface area contributed by atoms with Crippen molar-refractivity contribution in [3.05, 3.63) is 29.6 Å². The van der Waals surface area contributed by atoms with Gasteiger partial charge in [0.15, 0.2) is 11.6 Å². The van der Waals surface area contributed by atoms with E-state index in [0.717, 1.165) is 12.8 Å². The number of hydrogen-bond donors (Lipinski definition) is 1. The first-order valence-corrected chi connectivity index (χ1v) is 6.54. The Bertz CT molecular complexity index is 433. The minimum atomic E-state index is -1.07. The highest BCUT2D eigenvalue weighted by Crippen LogP contribution is 2.45. The Morgan fingerprint density at radius 2 is 2.06 bits per heavy atom. The summed E-state index contributed by atoms with van der Waals surface area (Å²) in [6.07, 6.45) is 2.63. The third kappa shape index (κ3) is 2.12. The van der Waals surface area contributed by atoms with Crippen LogP contribution in [0.4, 0.5) is 4.39 Å². The van der Waals surface area contributed by atoms with Gasteiger partial charge in [-0.05, 0) is 30.7 Å². The lowest BCUT2D eigenvalue weighted by Crippen LogP contribution is -2.39. The van der Waals surface area contributed by atoms with Gasteiger partial charge in [0, 0.05) is 5.56 Å². The molecule has 3 heteroatoms. The second-order valence-electron chi connectivity index (χ2n) is 5.53. The van der Waals surface area contributed by atoms with Crippen LogP contribution in [-0.4, -0.2) is 12.2 Å². The van der Waals surface area contributed by atoms with E-state index in [1.807, 2.05) is 6.92 Å². The van der Waals surface area contributed by atoms with Crippen LogP contribution >= 0.6 is 0 Å². The van der Waals surface area contributed by atoms with Crippen molar-refractivity contribution in [2.75, 3.05) is 7.11 Å². The standard InChI is InChI=1S/C15H21FO2/c1-10-7-8-11(2)15(17,9-10)12-5-4-6-13(18-3)14(12)16/h4-6,10-11,17H,7-9H2,1-3H3. The van der Waals surface area contributed by atoms with E-state index >= 15 is 0 Å². The van der Waals surface area contributed by atoms with Gasteiger partial charge in [-0.2, -0.15) is 0 Å². The second-order valence-corrected chi connectivity index (χ2v) is 5.53. The van der Waals surface area contributed by atoms with E-state index in [1.165, 1.54) is 7.11 Å². The van der Waals surface area contributed by atoms with Crippen molar-refractivity contribution in [1.82, 2.24) is 0 Å². The van der Waals surface area contributed by atoms with Crippen molar-refractivity contribution in [2.45, 2.75) is 38.7 Å². The Labute approximate surface area is 108 Å². The fourth-order valence-corrected chi connectivity index (χ4v) is 2.99. The zero-order chi connectivity index (χ0) is 13.3. The van der Waals surface area contributed by atoms with Crippen LogP contribution in [-0.2, 0) is 5.60 Å². The molecule has 3 atom stereocenters. The molecular weight excluding hydrogens is 231 g/mol. The van der Waals surface area contributed by atoms with Crippen LogP contribution in [0, 0.1) is 17.7 Å². The van der Waals surface area contributed by atoms with Crippen LogP contribution in [0.1, 0.15) is 38.7 Å². The van der Waals surface area contributed by atoms with Crippen LogP contribution in [0.15, 0.2) is 18.2 Å². The summed E-state index contributed by atoms with van der Waals surface area (Å²) in [5.41, 5.74) is -0.697. The topological polar surface area (TPSA) is 29.5 Å². The van der Waals surface area contributed by atoms with Gasteiger partial charge >= 0.3 is 0 Å². The maximum Gasteiger partial charge on any atom is 0.171 e. The summed E-state index contributed by atoms with van der Waals surface area (Å²) >= 11 is 0. The molecule has 0 saturated heterocycles. The molecule has 0 aliphatic heterocycles. The molecule has 0 radical (unpaired) electrons. The number of rotatable bonds is 2. The summed E-state index contributed by atoms with van der Waals surface area (Å²) in [7, 11) is 1.44. The van der Waals surface area contributed by atoms with E-state index in [1.54, 1.807) is 18.2 Å². The predicted molar refractivity (Wildman–Crippen MR) is 69.0 cm³/mol. The Balaban J connectivity index is 2.45. The molecule has 3 unspecified atom stereocenters.